The molecule has 0 saturated heterocycles. The molecule has 1 unspecified atom stereocenters. The summed E-state index contributed by atoms with van der Waals surface area (Å²) >= 11 is 1.47. The van der Waals surface area contributed by atoms with E-state index in [1.807, 2.05) is 38.1 Å². The van der Waals surface area contributed by atoms with Crippen LogP contribution in [-0.2, 0) is 16.0 Å². The highest BCUT2D eigenvalue weighted by molar-refractivity contribution is 7.15. The summed E-state index contributed by atoms with van der Waals surface area (Å²) in [7, 11) is 0. The lowest BCUT2D eigenvalue weighted by atomic mass is 9.89. The highest BCUT2D eigenvalue weighted by Gasteiger charge is 2.26. The monoisotopic (exact) mass is 329 g/mol. The standard InChI is InChI=1S/C17H19N3O2S/c1-10-11(2)23-17(18-10)20-15(21)8-7-13-9-12-5-3-4-6-14(12)19-16(13)22/h3-6,13H,7-9H2,1-2H3,(H,19,22)(H,18,20,21). The number of para-hydroxylation sites is 1. The van der Waals surface area contributed by atoms with E-state index in [0.717, 1.165) is 21.8 Å². The maximum atomic E-state index is 12.1. The van der Waals surface area contributed by atoms with Crippen LogP contribution in [0, 0.1) is 19.8 Å². The molecule has 3 rings (SSSR count). The number of thiazole rings is 1. The number of hydrogen-bond acceptors (Lipinski definition) is 4. The summed E-state index contributed by atoms with van der Waals surface area (Å²) in [5.41, 5.74) is 2.95. The fourth-order valence-electron chi connectivity index (χ4n) is 2.66. The fourth-order valence-corrected chi connectivity index (χ4v) is 3.49. The van der Waals surface area contributed by atoms with Crippen molar-refractivity contribution in [2.75, 3.05) is 10.6 Å². The van der Waals surface area contributed by atoms with Gasteiger partial charge in [0.15, 0.2) is 5.13 Å². The lowest BCUT2D eigenvalue weighted by molar-refractivity contribution is -0.121. The average molecular weight is 329 g/mol. The molecule has 2 N–H and O–H groups in total. The molecular weight excluding hydrogens is 310 g/mol. The first kappa shape index (κ1) is 15.7. The van der Waals surface area contributed by atoms with Crippen LogP contribution in [0.15, 0.2) is 24.3 Å². The number of amides is 2. The van der Waals surface area contributed by atoms with Gasteiger partial charge in [-0.3, -0.25) is 9.59 Å². The number of fused-ring (bicyclic) bond motifs is 1. The predicted octanol–water partition coefficient (Wildman–Crippen LogP) is 3.29. The van der Waals surface area contributed by atoms with Gasteiger partial charge >= 0.3 is 0 Å². The summed E-state index contributed by atoms with van der Waals surface area (Å²) in [6.45, 7) is 3.90. The molecule has 0 bridgehead atoms. The highest BCUT2D eigenvalue weighted by atomic mass is 32.1. The van der Waals surface area contributed by atoms with Crippen molar-refractivity contribution in [1.29, 1.82) is 0 Å². The second-order valence-corrected chi connectivity index (χ2v) is 7.00. The van der Waals surface area contributed by atoms with Crippen molar-refractivity contribution in [1.82, 2.24) is 4.98 Å². The van der Waals surface area contributed by atoms with E-state index in [1.165, 1.54) is 11.3 Å². The molecule has 23 heavy (non-hydrogen) atoms. The first-order valence-corrected chi connectivity index (χ1v) is 8.47. The molecule has 1 aromatic carbocycles. The van der Waals surface area contributed by atoms with Gasteiger partial charge in [0.2, 0.25) is 11.8 Å². The van der Waals surface area contributed by atoms with Crippen LogP contribution in [0.3, 0.4) is 0 Å². The SMILES string of the molecule is Cc1nc(NC(=O)CCC2Cc3ccccc3NC2=O)sc1C. The van der Waals surface area contributed by atoms with Gasteiger partial charge in [-0.05, 0) is 38.3 Å². The second kappa shape index (κ2) is 6.50. The van der Waals surface area contributed by atoms with Crippen LogP contribution >= 0.6 is 11.3 Å². The van der Waals surface area contributed by atoms with Crippen molar-refractivity contribution in [2.24, 2.45) is 5.92 Å². The number of nitrogens with zero attached hydrogens (tertiary/aromatic N) is 1. The van der Waals surface area contributed by atoms with Gasteiger partial charge in [-0.1, -0.05) is 18.2 Å². The molecule has 0 spiro atoms. The third-order valence-corrected chi connectivity index (χ3v) is 5.10. The topological polar surface area (TPSA) is 71.1 Å². The van der Waals surface area contributed by atoms with E-state index in [-0.39, 0.29) is 17.7 Å². The van der Waals surface area contributed by atoms with Crippen molar-refractivity contribution >= 4 is 34.0 Å². The van der Waals surface area contributed by atoms with Crippen LogP contribution in [-0.4, -0.2) is 16.8 Å². The van der Waals surface area contributed by atoms with Gasteiger partial charge < -0.3 is 10.6 Å². The van der Waals surface area contributed by atoms with Gasteiger partial charge in [0.1, 0.15) is 0 Å². The number of carbonyl (C=O) groups excluding carboxylic acids is 2. The quantitative estimate of drug-likeness (QED) is 0.904. The number of carbonyl (C=O) groups is 2. The number of hydrogen-bond donors (Lipinski definition) is 2. The summed E-state index contributed by atoms with van der Waals surface area (Å²) in [5.74, 6) is -0.252. The highest BCUT2D eigenvalue weighted by Crippen LogP contribution is 2.28. The lowest BCUT2D eigenvalue weighted by Crippen LogP contribution is -2.30. The van der Waals surface area contributed by atoms with E-state index >= 15 is 0 Å². The Morgan fingerprint density at radius 1 is 1.39 bits per heavy atom. The summed E-state index contributed by atoms with van der Waals surface area (Å²) in [6.07, 6.45) is 1.54. The van der Waals surface area contributed by atoms with Crippen molar-refractivity contribution in [3.63, 3.8) is 0 Å². The fraction of sp³-hybridized carbons (Fsp3) is 0.353. The Bertz CT molecular complexity index is 735. The first-order chi connectivity index (χ1) is 11.0. The van der Waals surface area contributed by atoms with Gasteiger partial charge in [0, 0.05) is 22.9 Å². The molecule has 6 heteroatoms. The second-order valence-electron chi connectivity index (χ2n) is 5.79. The molecule has 1 atom stereocenters. The van der Waals surface area contributed by atoms with Crippen molar-refractivity contribution in [2.45, 2.75) is 33.1 Å². The average Bonchev–Trinajstić information content (AvgIpc) is 2.83. The van der Waals surface area contributed by atoms with Crippen LogP contribution in [0.4, 0.5) is 10.8 Å². The smallest absolute Gasteiger partial charge is 0.227 e. The molecule has 0 saturated carbocycles. The van der Waals surface area contributed by atoms with E-state index < -0.39 is 0 Å². The first-order valence-electron chi connectivity index (χ1n) is 7.65. The molecule has 1 aromatic heterocycles. The molecular formula is C17H19N3O2S. The Labute approximate surface area is 139 Å². The van der Waals surface area contributed by atoms with E-state index in [1.54, 1.807) is 0 Å². The van der Waals surface area contributed by atoms with Crippen LogP contribution in [0.25, 0.3) is 0 Å². The third kappa shape index (κ3) is 3.59. The van der Waals surface area contributed by atoms with Crippen molar-refractivity contribution in [3.05, 3.63) is 40.4 Å². The number of aromatic nitrogens is 1. The maximum Gasteiger partial charge on any atom is 0.227 e. The van der Waals surface area contributed by atoms with E-state index in [9.17, 15) is 9.59 Å². The van der Waals surface area contributed by atoms with Crippen molar-refractivity contribution in [3.8, 4) is 0 Å². The van der Waals surface area contributed by atoms with Gasteiger partial charge in [0.05, 0.1) is 5.69 Å². The Hall–Kier alpha value is -2.21. The van der Waals surface area contributed by atoms with Crippen LogP contribution in [0.1, 0.15) is 29.0 Å². The molecule has 2 aromatic rings. The molecule has 2 amide bonds. The Kier molecular flexibility index (Phi) is 4.43. The predicted molar refractivity (Wildman–Crippen MR) is 91.7 cm³/mol. The molecule has 1 aliphatic heterocycles. The van der Waals surface area contributed by atoms with Gasteiger partial charge in [-0.15, -0.1) is 11.3 Å². The molecule has 1 aliphatic rings. The normalized spacial score (nSPS) is 16.6. The van der Waals surface area contributed by atoms with Gasteiger partial charge in [0.25, 0.3) is 0 Å². The number of rotatable bonds is 4. The Morgan fingerprint density at radius 3 is 2.91 bits per heavy atom. The summed E-state index contributed by atoms with van der Waals surface area (Å²) in [6, 6.07) is 7.80. The van der Waals surface area contributed by atoms with Crippen LogP contribution in [0.5, 0.6) is 0 Å². The molecule has 120 valence electrons. The zero-order chi connectivity index (χ0) is 16.4. The summed E-state index contributed by atoms with van der Waals surface area (Å²) in [4.78, 5) is 29.6. The zero-order valence-corrected chi connectivity index (χ0v) is 14.0. The Balaban J connectivity index is 1.56. The number of benzene rings is 1. The van der Waals surface area contributed by atoms with Gasteiger partial charge in [-0.25, -0.2) is 4.98 Å². The maximum absolute atomic E-state index is 12.1. The Morgan fingerprint density at radius 2 is 2.17 bits per heavy atom. The van der Waals surface area contributed by atoms with Gasteiger partial charge in [-0.2, -0.15) is 0 Å². The molecule has 0 radical (unpaired) electrons. The van der Waals surface area contributed by atoms with E-state index in [0.29, 0.717) is 24.4 Å². The number of anilines is 2. The van der Waals surface area contributed by atoms with E-state index in [4.69, 9.17) is 0 Å². The van der Waals surface area contributed by atoms with Crippen LogP contribution < -0.4 is 10.6 Å². The minimum atomic E-state index is -0.157. The number of aryl methyl sites for hydroxylation is 2. The summed E-state index contributed by atoms with van der Waals surface area (Å²) < 4.78 is 0. The largest absolute Gasteiger partial charge is 0.326 e. The van der Waals surface area contributed by atoms with Crippen molar-refractivity contribution < 1.29 is 9.59 Å². The molecule has 0 fully saturated rings. The third-order valence-electron chi connectivity index (χ3n) is 4.11. The lowest BCUT2D eigenvalue weighted by Gasteiger charge is -2.24. The molecule has 0 aliphatic carbocycles. The van der Waals surface area contributed by atoms with E-state index in [2.05, 4.69) is 15.6 Å². The molecule has 5 nitrogen and oxygen atoms in total. The van der Waals surface area contributed by atoms with Crippen LogP contribution in [0.2, 0.25) is 0 Å². The molecule has 2 heterocycles. The summed E-state index contributed by atoms with van der Waals surface area (Å²) in [5, 5.41) is 6.36. The number of nitrogens with one attached hydrogen (secondary N) is 2. The minimum absolute atomic E-state index is 0.00237. The minimum Gasteiger partial charge on any atom is -0.326 e. The zero-order valence-electron chi connectivity index (χ0n) is 13.2.